The van der Waals surface area contributed by atoms with E-state index in [0.717, 1.165) is 30.2 Å². The van der Waals surface area contributed by atoms with Gasteiger partial charge in [-0.1, -0.05) is 56.7 Å². The van der Waals surface area contributed by atoms with Gasteiger partial charge in [-0.2, -0.15) is 0 Å². The average molecular weight is 584 g/mol. The zero-order chi connectivity index (χ0) is 24.2. The lowest BCUT2D eigenvalue weighted by molar-refractivity contribution is 0.103. The molecule has 0 aliphatic heterocycles. The number of carbonyl (C=O) groups excluding carboxylic acids is 1. The van der Waals surface area contributed by atoms with Crippen molar-refractivity contribution in [1.29, 1.82) is 0 Å². The number of aryl methyl sites for hydroxylation is 1. The maximum Gasteiger partial charge on any atom is 0.197 e. The molecule has 0 bridgehead atoms. The van der Waals surface area contributed by atoms with Gasteiger partial charge in [0.25, 0.3) is 0 Å². The van der Waals surface area contributed by atoms with Crippen molar-refractivity contribution in [2.24, 2.45) is 0 Å². The molecular weight excluding hydrogens is 560 g/mol. The minimum atomic E-state index is -0.158. The number of benzene rings is 3. The lowest BCUT2D eigenvalue weighted by Gasteiger charge is -2.09. The minimum Gasteiger partial charge on any atom is -0.506 e. The zero-order valence-corrected chi connectivity index (χ0v) is 21.9. The van der Waals surface area contributed by atoms with Crippen LogP contribution in [0.4, 0.5) is 0 Å². The van der Waals surface area contributed by atoms with E-state index in [2.05, 4.69) is 45.4 Å². The first kappa shape index (κ1) is 24.3. The van der Waals surface area contributed by atoms with Gasteiger partial charge in [-0.15, -0.1) is 0 Å². The summed E-state index contributed by atoms with van der Waals surface area (Å²) in [7, 11) is 0. The fourth-order valence-corrected chi connectivity index (χ4v) is 5.00. The van der Waals surface area contributed by atoms with Crippen LogP contribution in [0.25, 0.3) is 16.7 Å². The molecule has 0 atom stereocenters. The van der Waals surface area contributed by atoms with Crippen molar-refractivity contribution in [1.82, 2.24) is 0 Å². The number of phenols is 1. The van der Waals surface area contributed by atoms with Crippen molar-refractivity contribution in [3.8, 4) is 11.5 Å². The number of hydrogen-bond donors (Lipinski definition) is 1. The number of unbranched alkanes of at least 4 members (excludes halogenated alkanes) is 2. The van der Waals surface area contributed by atoms with Gasteiger partial charge in [0.15, 0.2) is 5.78 Å². The topological polar surface area (TPSA) is 59.7 Å². The van der Waals surface area contributed by atoms with Crippen molar-refractivity contribution in [2.45, 2.75) is 32.6 Å². The monoisotopic (exact) mass is 582 g/mol. The molecule has 0 aliphatic carbocycles. The summed E-state index contributed by atoms with van der Waals surface area (Å²) in [6.07, 6.45) is 3.71. The quantitative estimate of drug-likeness (QED) is 0.122. The van der Waals surface area contributed by atoms with Gasteiger partial charge in [0.1, 0.15) is 28.6 Å². The van der Waals surface area contributed by atoms with Crippen LogP contribution in [0.5, 0.6) is 11.5 Å². The van der Waals surface area contributed by atoms with Crippen molar-refractivity contribution in [2.75, 3.05) is 0 Å². The van der Waals surface area contributed by atoms with Crippen molar-refractivity contribution in [3.63, 3.8) is 0 Å². The van der Waals surface area contributed by atoms with E-state index >= 15 is 0 Å². The highest BCUT2D eigenvalue weighted by molar-refractivity contribution is 9.11. The largest absolute Gasteiger partial charge is 0.506 e. The van der Waals surface area contributed by atoms with E-state index in [1.165, 1.54) is 0 Å². The van der Waals surface area contributed by atoms with E-state index in [9.17, 15) is 9.90 Å². The van der Waals surface area contributed by atoms with E-state index in [1.807, 2.05) is 42.5 Å². The molecule has 0 radical (unpaired) electrons. The molecule has 4 nitrogen and oxygen atoms in total. The Bertz CT molecular complexity index is 1330. The van der Waals surface area contributed by atoms with E-state index in [-0.39, 0.29) is 11.5 Å². The van der Waals surface area contributed by atoms with Gasteiger partial charge in [0.2, 0.25) is 0 Å². The molecule has 0 aliphatic rings. The highest BCUT2D eigenvalue weighted by Crippen LogP contribution is 2.37. The van der Waals surface area contributed by atoms with Crippen LogP contribution < -0.4 is 4.74 Å². The smallest absolute Gasteiger partial charge is 0.197 e. The first-order chi connectivity index (χ1) is 16.4. The Morgan fingerprint density at radius 1 is 1.00 bits per heavy atom. The number of aromatic hydroxyl groups is 1. The molecule has 174 valence electrons. The van der Waals surface area contributed by atoms with Crippen LogP contribution in [-0.4, -0.2) is 10.9 Å². The molecule has 6 heteroatoms. The molecule has 1 N–H and O–H groups in total. The fraction of sp³-hybridized carbons (Fsp3) is 0.179. The molecule has 4 rings (SSSR count). The Morgan fingerprint density at radius 2 is 1.71 bits per heavy atom. The van der Waals surface area contributed by atoms with Crippen molar-refractivity contribution >= 4 is 54.4 Å². The Balaban J connectivity index is 1.73. The van der Waals surface area contributed by atoms with Gasteiger partial charge >= 0.3 is 0 Å². The zero-order valence-electron chi connectivity index (χ0n) is 18.7. The Labute approximate surface area is 215 Å². The normalized spacial score (nSPS) is 11.0. The highest BCUT2D eigenvalue weighted by atomic mass is 79.9. The predicted molar refractivity (Wildman–Crippen MR) is 142 cm³/mol. The van der Waals surface area contributed by atoms with Crippen LogP contribution in [0.15, 0.2) is 80.6 Å². The van der Waals surface area contributed by atoms with E-state index in [0.29, 0.717) is 49.3 Å². The number of carbonyl (C=O) groups is 1. The molecule has 1 heterocycles. The number of halogens is 2. The molecule has 34 heavy (non-hydrogen) atoms. The number of rotatable bonds is 9. The lowest BCUT2D eigenvalue weighted by Crippen LogP contribution is -2.04. The molecule has 0 unspecified atom stereocenters. The SMILES string of the molecule is C=C(Oc1ccc2c(C(=O)c3cc(Br)c(O)c(Br)c3)c(CCCCC)oc2c1)c1ccccc1. The van der Waals surface area contributed by atoms with Crippen LogP contribution in [-0.2, 0) is 6.42 Å². The van der Waals surface area contributed by atoms with Crippen LogP contribution in [0, 0.1) is 0 Å². The number of fused-ring (bicyclic) bond motifs is 1. The molecule has 3 aromatic carbocycles. The van der Waals surface area contributed by atoms with Crippen molar-refractivity contribution in [3.05, 3.63) is 98.6 Å². The van der Waals surface area contributed by atoms with Crippen LogP contribution in [0.1, 0.15) is 53.4 Å². The second kappa shape index (κ2) is 10.6. The molecule has 0 spiro atoms. The van der Waals surface area contributed by atoms with Crippen molar-refractivity contribution < 1.29 is 19.1 Å². The van der Waals surface area contributed by atoms with Gasteiger partial charge in [0.05, 0.1) is 14.5 Å². The first-order valence-corrected chi connectivity index (χ1v) is 12.7. The summed E-state index contributed by atoms with van der Waals surface area (Å²) in [5, 5.41) is 10.8. The van der Waals surface area contributed by atoms with Crippen LogP contribution >= 0.6 is 31.9 Å². The second-order valence-electron chi connectivity index (χ2n) is 8.02. The van der Waals surface area contributed by atoms with Gasteiger partial charge in [0, 0.05) is 29.0 Å². The lowest BCUT2D eigenvalue weighted by atomic mass is 9.98. The third-order valence-corrected chi connectivity index (χ3v) is 6.79. The highest BCUT2D eigenvalue weighted by Gasteiger charge is 2.24. The molecule has 0 amide bonds. The van der Waals surface area contributed by atoms with Gasteiger partial charge in [-0.3, -0.25) is 4.79 Å². The third-order valence-electron chi connectivity index (χ3n) is 5.58. The summed E-state index contributed by atoms with van der Waals surface area (Å²) in [5.74, 6) is 1.67. The van der Waals surface area contributed by atoms with E-state index in [1.54, 1.807) is 18.2 Å². The number of hydrogen-bond acceptors (Lipinski definition) is 4. The number of ether oxygens (including phenoxy) is 1. The summed E-state index contributed by atoms with van der Waals surface area (Å²) in [5.41, 5.74) is 2.48. The summed E-state index contributed by atoms with van der Waals surface area (Å²) < 4.78 is 13.1. The maximum absolute atomic E-state index is 13.6. The first-order valence-electron chi connectivity index (χ1n) is 11.1. The van der Waals surface area contributed by atoms with Gasteiger partial charge in [-0.25, -0.2) is 0 Å². The number of phenolic OH excluding ortho intramolecular Hbond substituents is 1. The Hall–Kier alpha value is -2.83. The van der Waals surface area contributed by atoms with E-state index < -0.39 is 0 Å². The fourth-order valence-electron chi connectivity index (χ4n) is 3.82. The molecule has 1 aromatic heterocycles. The standard InChI is InChI=1S/C28H24Br2O4/c1-3-4-6-11-24-26(27(31)19-14-22(29)28(32)23(30)15-19)21-13-12-20(16-25(21)34-24)33-17(2)18-9-7-5-8-10-18/h5,7-10,12-16,32H,2-4,6,11H2,1H3. The van der Waals surface area contributed by atoms with Gasteiger partial charge < -0.3 is 14.3 Å². The van der Waals surface area contributed by atoms with Crippen LogP contribution in [0.3, 0.4) is 0 Å². The molecule has 4 aromatic rings. The van der Waals surface area contributed by atoms with E-state index in [4.69, 9.17) is 9.15 Å². The summed E-state index contributed by atoms with van der Waals surface area (Å²) in [6, 6.07) is 18.4. The molecule has 0 fully saturated rings. The Kier molecular flexibility index (Phi) is 7.59. The number of ketones is 1. The van der Waals surface area contributed by atoms with Crippen LogP contribution in [0.2, 0.25) is 0 Å². The Morgan fingerprint density at radius 3 is 2.38 bits per heavy atom. The second-order valence-corrected chi connectivity index (χ2v) is 9.73. The van der Waals surface area contributed by atoms with Gasteiger partial charge in [-0.05, 0) is 62.5 Å². The molecule has 0 saturated carbocycles. The maximum atomic E-state index is 13.6. The predicted octanol–water partition coefficient (Wildman–Crippen LogP) is 8.68. The molecular formula is C28H24Br2O4. The molecule has 0 saturated heterocycles. The minimum absolute atomic E-state index is 0.0530. The average Bonchev–Trinajstić information content (AvgIpc) is 3.19. The summed E-state index contributed by atoms with van der Waals surface area (Å²) in [6.45, 7) is 6.17. The number of furan rings is 1. The summed E-state index contributed by atoms with van der Waals surface area (Å²) >= 11 is 6.64. The third kappa shape index (κ3) is 5.13. The summed E-state index contributed by atoms with van der Waals surface area (Å²) in [4.78, 5) is 13.6.